The number of aromatic nitrogens is 2. The van der Waals surface area contributed by atoms with Crippen molar-refractivity contribution in [3.05, 3.63) is 18.2 Å². The van der Waals surface area contributed by atoms with E-state index in [1.54, 1.807) is 0 Å². The van der Waals surface area contributed by atoms with Crippen LogP contribution in [0.15, 0.2) is 12.4 Å². The van der Waals surface area contributed by atoms with E-state index in [0.29, 0.717) is 12.1 Å². The van der Waals surface area contributed by atoms with Crippen LogP contribution in [0.1, 0.15) is 31.5 Å². The Balaban J connectivity index is 1.38. The summed E-state index contributed by atoms with van der Waals surface area (Å²) < 4.78 is 8.24. The summed E-state index contributed by atoms with van der Waals surface area (Å²) in [6, 6.07) is 0.640. The Kier molecular flexibility index (Phi) is 4.20. The quantitative estimate of drug-likeness (QED) is 0.844. The maximum absolute atomic E-state index is 6.11. The van der Waals surface area contributed by atoms with Gasteiger partial charge in [0.05, 0.1) is 19.3 Å². The number of nitrogens with zero attached hydrogens (tertiary/aromatic N) is 4. The third-order valence-corrected chi connectivity index (χ3v) is 5.56. The number of ether oxygens (including phenoxy) is 1. The fourth-order valence-corrected chi connectivity index (χ4v) is 3.98. The van der Waals surface area contributed by atoms with Crippen LogP contribution in [0.4, 0.5) is 0 Å². The Bertz CT molecular complexity index is 499. The molecule has 22 heavy (non-hydrogen) atoms. The van der Waals surface area contributed by atoms with E-state index in [0.717, 1.165) is 38.6 Å². The van der Waals surface area contributed by atoms with Crippen LogP contribution in [-0.4, -0.2) is 64.3 Å². The predicted molar refractivity (Wildman–Crippen MR) is 85.5 cm³/mol. The maximum Gasteiger partial charge on any atom is 0.122 e. The van der Waals surface area contributed by atoms with Crippen molar-refractivity contribution >= 4 is 0 Å². The largest absolute Gasteiger partial charge is 0.375 e. The molecule has 122 valence electrons. The fraction of sp³-hybridized carbons (Fsp3) is 0.824. The van der Waals surface area contributed by atoms with Gasteiger partial charge < -0.3 is 9.30 Å². The first-order valence-corrected chi connectivity index (χ1v) is 8.84. The molecule has 3 fully saturated rings. The number of fused-ring (bicyclic) bond motifs is 1. The third kappa shape index (κ3) is 3.21. The summed E-state index contributed by atoms with van der Waals surface area (Å²) in [5.41, 5.74) is 0. The topological polar surface area (TPSA) is 33.5 Å². The molecule has 1 saturated carbocycles. The average Bonchev–Trinajstić information content (AvgIpc) is 3.27. The van der Waals surface area contributed by atoms with Gasteiger partial charge >= 0.3 is 0 Å². The standard InChI is InChI=1S/C17H28N4O/c1-19-9-6-18-17(19)13-20-7-4-15-16(5-8-20)22-11-10-21(15)12-14-2-3-14/h6,9,14-16H,2-5,7-8,10-13H2,1H3/t15-,16+/m0/s1. The van der Waals surface area contributed by atoms with E-state index in [9.17, 15) is 0 Å². The zero-order chi connectivity index (χ0) is 14.9. The molecule has 0 bridgehead atoms. The first kappa shape index (κ1) is 14.7. The van der Waals surface area contributed by atoms with Gasteiger partial charge in [0.1, 0.15) is 5.82 Å². The lowest BCUT2D eigenvalue weighted by Crippen LogP contribution is -2.51. The second-order valence-electron chi connectivity index (χ2n) is 7.22. The van der Waals surface area contributed by atoms with Crippen molar-refractivity contribution in [2.75, 3.05) is 32.8 Å². The summed E-state index contributed by atoms with van der Waals surface area (Å²) in [5, 5.41) is 0. The molecule has 3 heterocycles. The summed E-state index contributed by atoms with van der Waals surface area (Å²) >= 11 is 0. The lowest BCUT2D eigenvalue weighted by Gasteiger charge is -2.40. The van der Waals surface area contributed by atoms with E-state index in [1.807, 2.05) is 12.4 Å². The van der Waals surface area contributed by atoms with Gasteiger partial charge in [-0.15, -0.1) is 0 Å². The summed E-state index contributed by atoms with van der Waals surface area (Å²) in [5.74, 6) is 2.14. The van der Waals surface area contributed by atoms with Gasteiger partial charge in [-0.1, -0.05) is 0 Å². The van der Waals surface area contributed by atoms with E-state index in [4.69, 9.17) is 4.74 Å². The van der Waals surface area contributed by atoms with Crippen LogP contribution in [0.2, 0.25) is 0 Å². The van der Waals surface area contributed by atoms with E-state index in [-0.39, 0.29) is 0 Å². The van der Waals surface area contributed by atoms with Crippen LogP contribution in [0.5, 0.6) is 0 Å². The predicted octanol–water partition coefficient (Wildman–Crippen LogP) is 1.50. The molecule has 0 amide bonds. The molecule has 5 heteroatoms. The molecule has 1 aromatic rings. The number of likely N-dealkylation sites (tertiary alicyclic amines) is 1. The van der Waals surface area contributed by atoms with Gasteiger partial charge in [0, 0.05) is 51.7 Å². The maximum atomic E-state index is 6.11. The van der Waals surface area contributed by atoms with E-state index >= 15 is 0 Å². The van der Waals surface area contributed by atoms with Crippen molar-refractivity contribution in [2.24, 2.45) is 13.0 Å². The number of morpholine rings is 1. The molecule has 3 aliphatic rings. The highest BCUT2D eigenvalue weighted by Gasteiger charge is 2.37. The van der Waals surface area contributed by atoms with Crippen molar-refractivity contribution in [2.45, 2.75) is 44.4 Å². The highest BCUT2D eigenvalue weighted by molar-refractivity contribution is 4.94. The molecule has 1 aromatic heterocycles. The number of rotatable bonds is 4. The highest BCUT2D eigenvalue weighted by atomic mass is 16.5. The molecule has 1 aliphatic carbocycles. The highest BCUT2D eigenvalue weighted by Crippen LogP contribution is 2.33. The minimum absolute atomic E-state index is 0.443. The Labute approximate surface area is 133 Å². The van der Waals surface area contributed by atoms with Crippen LogP contribution in [0.25, 0.3) is 0 Å². The first-order chi connectivity index (χ1) is 10.8. The summed E-state index contributed by atoms with van der Waals surface area (Å²) in [7, 11) is 2.08. The molecule has 4 rings (SSSR count). The van der Waals surface area contributed by atoms with Crippen LogP contribution >= 0.6 is 0 Å². The minimum atomic E-state index is 0.443. The first-order valence-electron chi connectivity index (χ1n) is 8.84. The zero-order valence-electron chi connectivity index (χ0n) is 13.7. The molecule has 0 aromatic carbocycles. The summed E-state index contributed by atoms with van der Waals surface area (Å²) in [4.78, 5) is 9.76. The Morgan fingerprint density at radius 3 is 2.82 bits per heavy atom. The van der Waals surface area contributed by atoms with Crippen LogP contribution in [0.3, 0.4) is 0 Å². The van der Waals surface area contributed by atoms with Crippen molar-refractivity contribution in [3.63, 3.8) is 0 Å². The van der Waals surface area contributed by atoms with Crippen molar-refractivity contribution < 1.29 is 4.74 Å². The van der Waals surface area contributed by atoms with Crippen molar-refractivity contribution in [1.82, 2.24) is 19.4 Å². The normalized spacial score (nSPS) is 31.0. The Morgan fingerprint density at radius 2 is 2.05 bits per heavy atom. The van der Waals surface area contributed by atoms with Gasteiger partial charge in [0.2, 0.25) is 0 Å². The van der Waals surface area contributed by atoms with Crippen molar-refractivity contribution in [1.29, 1.82) is 0 Å². The lowest BCUT2D eigenvalue weighted by atomic mass is 10.0. The molecule has 2 atom stereocenters. The molecule has 0 radical (unpaired) electrons. The second-order valence-corrected chi connectivity index (χ2v) is 7.22. The minimum Gasteiger partial charge on any atom is -0.375 e. The molecule has 0 spiro atoms. The Hall–Kier alpha value is -0.910. The number of hydrogen-bond donors (Lipinski definition) is 0. The molecule has 5 nitrogen and oxygen atoms in total. The van der Waals surface area contributed by atoms with Crippen LogP contribution in [0, 0.1) is 5.92 Å². The van der Waals surface area contributed by atoms with Gasteiger partial charge in [-0.25, -0.2) is 4.98 Å². The summed E-state index contributed by atoms with van der Waals surface area (Å²) in [6.45, 7) is 6.63. The van der Waals surface area contributed by atoms with Crippen LogP contribution in [-0.2, 0) is 18.3 Å². The van der Waals surface area contributed by atoms with E-state index in [2.05, 4.69) is 26.4 Å². The number of imidazole rings is 1. The molecule has 0 unspecified atom stereocenters. The lowest BCUT2D eigenvalue weighted by molar-refractivity contribution is -0.0727. The van der Waals surface area contributed by atoms with E-state index < -0.39 is 0 Å². The number of aryl methyl sites for hydroxylation is 1. The van der Waals surface area contributed by atoms with Crippen LogP contribution < -0.4 is 0 Å². The molecule has 0 N–H and O–H groups in total. The molecular weight excluding hydrogens is 276 g/mol. The SMILES string of the molecule is Cn1ccnc1CN1CC[C@H]2OCCN(CC3CC3)[C@H]2CC1. The van der Waals surface area contributed by atoms with Gasteiger partial charge in [0.15, 0.2) is 0 Å². The van der Waals surface area contributed by atoms with Crippen molar-refractivity contribution in [3.8, 4) is 0 Å². The monoisotopic (exact) mass is 304 g/mol. The second kappa shape index (κ2) is 6.30. The van der Waals surface area contributed by atoms with Gasteiger partial charge in [-0.2, -0.15) is 0 Å². The molecule has 2 aliphatic heterocycles. The smallest absolute Gasteiger partial charge is 0.122 e. The fourth-order valence-electron chi connectivity index (χ4n) is 3.98. The van der Waals surface area contributed by atoms with Gasteiger partial charge in [0.25, 0.3) is 0 Å². The number of hydrogen-bond acceptors (Lipinski definition) is 4. The van der Waals surface area contributed by atoms with E-state index in [1.165, 1.54) is 38.2 Å². The average molecular weight is 304 g/mol. The zero-order valence-corrected chi connectivity index (χ0v) is 13.7. The molecular formula is C17H28N4O. The third-order valence-electron chi connectivity index (χ3n) is 5.56. The van der Waals surface area contributed by atoms with Gasteiger partial charge in [-0.05, 0) is 31.6 Å². The molecule has 2 saturated heterocycles. The van der Waals surface area contributed by atoms with Gasteiger partial charge in [-0.3, -0.25) is 9.80 Å². The summed E-state index contributed by atoms with van der Waals surface area (Å²) in [6.07, 6.45) is 9.66. The Morgan fingerprint density at radius 1 is 1.18 bits per heavy atom.